The van der Waals surface area contributed by atoms with E-state index in [1.807, 2.05) is 36.6 Å². The number of benzene rings is 1. The number of aryl methyl sites for hydroxylation is 1. The Labute approximate surface area is 148 Å². The van der Waals surface area contributed by atoms with Crippen molar-refractivity contribution in [1.29, 1.82) is 0 Å². The monoisotopic (exact) mass is 353 g/mol. The van der Waals surface area contributed by atoms with Crippen molar-refractivity contribution in [2.24, 2.45) is 0 Å². The van der Waals surface area contributed by atoms with Crippen molar-refractivity contribution in [1.82, 2.24) is 9.97 Å². The first-order valence-electron chi connectivity index (χ1n) is 7.44. The highest BCUT2D eigenvalue weighted by atomic mass is 32.1. The highest BCUT2D eigenvalue weighted by Crippen LogP contribution is 2.36. The molecule has 7 heteroatoms. The Balaban J connectivity index is 1.98. The minimum atomic E-state index is -0.508. The first-order chi connectivity index (χ1) is 12.1. The lowest BCUT2D eigenvalue weighted by Gasteiger charge is -2.07. The molecular formula is C18H15N3O3S. The lowest BCUT2D eigenvalue weighted by Crippen LogP contribution is -2.15. The Morgan fingerprint density at radius 1 is 1.16 bits per heavy atom. The third-order valence-corrected chi connectivity index (χ3v) is 4.46. The molecule has 0 bridgehead atoms. The number of nitrogens with zero attached hydrogens (tertiary/aromatic N) is 2. The summed E-state index contributed by atoms with van der Waals surface area (Å²) in [5.41, 5.74) is 3.21. The summed E-state index contributed by atoms with van der Waals surface area (Å²) in [5, 5.41) is 4.96. The minimum absolute atomic E-state index is 0.170. The van der Waals surface area contributed by atoms with E-state index in [1.165, 1.54) is 37.0 Å². The van der Waals surface area contributed by atoms with Gasteiger partial charge in [0.15, 0.2) is 0 Å². The number of carbonyl (C=O) groups is 2. The molecule has 1 aromatic carbocycles. The van der Waals surface area contributed by atoms with E-state index >= 15 is 0 Å². The SMILES string of the molecule is COC(=O)c1c(-c2ccc(C)cc2)csc1NC(=O)c1cnccn1. The average molecular weight is 353 g/mol. The zero-order chi connectivity index (χ0) is 17.8. The van der Waals surface area contributed by atoms with Crippen LogP contribution in [-0.4, -0.2) is 29.0 Å². The number of amides is 1. The Morgan fingerprint density at radius 2 is 1.92 bits per heavy atom. The minimum Gasteiger partial charge on any atom is -0.465 e. The van der Waals surface area contributed by atoms with Crippen molar-refractivity contribution in [3.05, 3.63) is 65.1 Å². The highest BCUT2D eigenvalue weighted by Gasteiger charge is 2.23. The number of carbonyl (C=O) groups excluding carboxylic acids is 2. The van der Waals surface area contributed by atoms with E-state index < -0.39 is 11.9 Å². The Kier molecular flexibility index (Phi) is 4.85. The molecule has 3 aromatic rings. The van der Waals surface area contributed by atoms with Gasteiger partial charge in [0.1, 0.15) is 16.3 Å². The largest absolute Gasteiger partial charge is 0.465 e. The molecule has 2 heterocycles. The fourth-order valence-electron chi connectivity index (χ4n) is 2.28. The zero-order valence-electron chi connectivity index (χ0n) is 13.6. The molecule has 0 aliphatic rings. The third-order valence-electron chi connectivity index (χ3n) is 3.57. The molecule has 0 unspecified atom stereocenters. The van der Waals surface area contributed by atoms with Crippen LogP contribution in [0.15, 0.2) is 48.2 Å². The molecule has 25 heavy (non-hydrogen) atoms. The van der Waals surface area contributed by atoms with Crippen LogP contribution in [0.25, 0.3) is 11.1 Å². The van der Waals surface area contributed by atoms with Crippen molar-refractivity contribution in [2.75, 3.05) is 12.4 Å². The summed E-state index contributed by atoms with van der Waals surface area (Å²) in [6.45, 7) is 1.99. The van der Waals surface area contributed by atoms with Gasteiger partial charge in [-0.1, -0.05) is 29.8 Å². The maximum absolute atomic E-state index is 12.3. The molecule has 0 aliphatic heterocycles. The molecule has 1 amide bonds. The lowest BCUT2D eigenvalue weighted by molar-refractivity contribution is 0.0603. The summed E-state index contributed by atoms with van der Waals surface area (Å²) in [7, 11) is 1.31. The first kappa shape index (κ1) is 16.8. The summed E-state index contributed by atoms with van der Waals surface area (Å²) in [5.74, 6) is -0.943. The number of hydrogen-bond donors (Lipinski definition) is 1. The van der Waals surface area contributed by atoms with Gasteiger partial charge in [-0.25, -0.2) is 9.78 Å². The second kappa shape index (κ2) is 7.23. The molecule has 6 nitrogen and oxygen atoms in total. The van der Waals surface area contributed by atoms with Crippen molar-refractivity contribution >= 4 is 28.2 Å². The molecule has 126 valence electrons. The molecule has 0 saturated heterocycles. The molecule has 1 N–H and O–H groups in total. The lowest BCUT2D eigenvalue weighted by atomic mass is 10.0. The molecule has 0 atom stereocenters. The van der Waals surface area contributed by atoms with Crippen LogP contribution >= 0.6 is 11.3 Å². The quantitative estimate of drug-likeness (QED) is 0.726. The zero-order valence-corrected chi connectivity index (χ0v) is 14.5. The number of rotatable bonds is 4. The van der Waals surface area contributed by atoms with Gasteiger partial charge in [0.05, 0.1) is 13.3 Å². The smallest absolute Gasteiger partial charge is 0.341 e. The average Bonchev–Trinajstić information content (AvgIpc) is 3.06. The fraction of sp³-hybridized carbons (Fsp3) is 0.111. The standard InChI is InChI=1S/C18H15N3O3S/c1-11-3-5-12(6-4-11)13-10-25-17(15(13)18(23)24-2)21-16(22)14-9-19-7-8-20-14/h3-10H,1-2H3,(H,21,22). The number of esters is 1. The molecule has 0 fully saturated rings. The Hall–Kier alpha value is -3.06. The topological polar surface area (TPSA) is 81.2 Å². The Morgan fingerprint density at radius 3 is 2.56 bits per heavy atom. The second-order valence-corrected chi connectivity index (χ2v) is 6.14. The van der Waals surface area contributed by atoms with Gasteiger partial charge in [0, 0.05) is 23.3 Å². The van der Waals surface area contributed by atoms with Gasteiger partial charge in [0.2, 0.25) is 0 Å². The fourth-order valence-corrected chi connectivity index (χ4v) is 3.24. The molecule has 0 saturated carbocycles. The van der Waals surface area contributed by atoms with Gasteiger partial charge in [-0.05, 0) is 12.5 Å². The van der Waals surface area contributed by atoms with Gasteiger partial charge in [-0.15, -0.1) is 11.3 Å². The molecule has 2 aromatic heterocycles. The molecule has 0 radical (unpaired) electrons. The second-order valence-electron chi connectivity index (χ2n) is 5.26. The van der Waals surface area contributed by atoms with Gasteiger partial charge < -0.3 is 10.1 Å². The van der Waals surface area contributed by atoms with E-state index in [0.717, 1.165) is 11.1 Å². The van der Waals surface area contributed by atoms with Gasteiger partial charge >= 0.3 is 5.97 Å². The van der Waals surface area contributed by atoms with Crippen molar-refractivity contribution in [3.63, 3.8) is 0 Å². The van der Waals surface area contributed by atoms with Crippen LogP contribution in [0.2, 0.25) is 0 Å². The van der Waals surface area contributed by atoms with Crippen molar-refractivity contribution in [2.45, 2.75) is 6.92 Å². The Bertz CT molecular complexity index is 905. The number of hydrogen-bond acceptors (Lipinski definition) is 6. The first-order valence-corrected chi connectivity index (χ1v) is 8.32. The molecule has 3 rings (SSSR count). The predicted octanol–water partition coefficient (Wildman–Crippen LogP) is 3.55. The number of ether oxygens (including phenoxy) is 1. The van der Waals surface area contributed by atoms with Gasteiger partial charge in [-0.2, -0.15) is 0 Å². The van der Waals surface area contributed by atoms with Gasteiger partial charge in [-0.3, -0.25) is 9.78 Å². The molecule has 0 aliphatic carbocycles. The predicted molar refractivity (Wildman–Crippen MR) is 95.8 cm³/mol. The number of thiophene rings is 1. The van der Waals surface area contributed by atoms with E-state index in [-0.39, 0.29) is 5.69 Å². The van der Waals surface area contributed by atoms with E-state index in [0.29, 0.717) is 16.1 Å². The van der Waals surface area contributed by atoms with Crippen molar-refractivity contribution in [3.8, 4) is 11.1 Å². The van der Waals surface area contributed by atoms with E-state index in [2.05, 4.69) is 15.3 Å². The number of nitrogens with one attached hydrogen (secondary N) is 1. The molecular weight excluding hydrogens is 338 g/mol. The van der Waals surface area contributed by atoms with Crippen LogP contribution in [0, 0.1) is 6.92 Å². The summed E-state index contributed by atoms with van der Waals surface area (Å²) in [6, 6.07) is 7.79. The van der Waals surface area contributed by atoms with Crippen LogP contribution in [-0.2, 0) is 4.74 Å². The van der Waals surface area contributed by atoms with Crippen molar-refractivity contribution < 1.29 is 14.3 Å². The maximum Gasteiger partial charge on any atom is 0.341 e. The van der Waals surface area contributed by atoms with Crippen LogP contribution in [0.1, 0.15) is 26.4 Å². The van der Waals surface area contributed by atoms with E-state index in [4.69, 9.17) is 4.74 Å². The normalized spacial score (nSPS) is 10.3. The van der Waals surface area contributed by atoms with E-state index in [1.54, 1.807) is 0 Å². The summed E-state index contributed by atoms with van der Waals surface area (Å²) in [4.78, 5) is 32.4. The van der Waals surface area contributed by atoms with Crippen LogP contribution < -0.4 is 5.32 Å². The van der Waals surface area contributed by atoms with Gasteiger partial charge in [0.25, 0.3) is 5.91 Å². The summed E-state index contributed by atoms with van der Waals surface area (Å²) < 4.78 is 4.90. The number of methoxy groups -OCH3 is 1. The number of aromatic nitrogens is 2. The van der Waals surface area contributed by atoms with Crippen LogP contribution in [0.3, 0.4) is 0 Å². The van der Waals surface area contributed by atoms with Crippen LogP contribution in [0.4, 0.5) is 5.00 Å². The third kappa shape index (κ3) is 3.56. The van der Waals surface area contributed by atoms with Crippen LogP contribution in [0.5, 0.6) is 0 Å². The molecule has 0 spiro atoms. The summed E-state index contributed by atoms with van der Waals surface area (Å²) >= 11 is 1.26. The maximum atomic E-state index is 12.3. The van der Waals surface area contributed by atoms with E-state index in [9.17, 15) is 9.59 Å². The highest BCUT2D eigenvalue weighted by molar-refractivity contribution is 7.15. The summed E-state index contributed by atoms with van der Waals surface area (Å²) in [6.07, 6.45) is 4.28. The number of anilines is 1.